The molecule has 0 fully saturated rings. The number of hydrogen-bond donors (Lipinski definition) is 3. The smallest absolute Gasteiger partial charge is 0.406 e. The molecule has 0 aromatic heterocycles. The van der Waals surface area contributed by atoms with E-state index < -0.39 is 24.3 Å². The molecule has 1 aromatic rings. The second-order valence-electron chi connectivity index (χ2n) is 7.65. The summed E-state index contributed by atoms with van der Waals surface area (Å²) in [5, 5.41) is 22.9. The number of ketones is 1. The van der Waals surface area contributed by atoms with Gasteiger partial charge < -0.3 is 25.0 Å². The highest BCUT2D eigenvalue weighted by molar-refractivity contribution is 5.97. The highest BCUT2D eigenvalue weighted by Crippen LogP contribution is 2.29. The molecule has 0 aliphatic carbocycles. The maximum absolute atomic E-state index is 12.8. The van der Waals surface area contributed by atoms with E-state index in [1.807, 2.05) is 0 Å². The first-order chi connectivity index (χ1) is 15.3. The third kappa shape index (κ3) is 7.85. The normalized spacial score (nSPS) is 19.6. The summed E-state index contributed by atoms with van der Waals surface area (Å²) in [5.74, 6) is -0.969. The Kier molecular flexibility index (Phi) is 9.94. The zero-order chi connectivity index (χ0) is 23.5. The standard InChI is InChI=1S/C24H31NO7/c1-16-7-5-9-18(26)15-19(27)10-6-11-20-17(8-3-4-14-31-24(30)25-2)12-13-21(28)22(20)23(29)32-16/h5-7,11-13,16,19,27-28H,3-4,8-10,14-15H2,1-2H3,(H,25,30)/t16-,19-/m0/s1. The lowest BCUT2D eigenvalue weighted by Gasteiger charge is -2.16. The molecule has 174 valence electrons. The Bertz CT molecular complexity index is 875. The molecule has 8 nitrogen and oxygen atoms in total. The number of amides is 1. The van der Waals surface area contributed by atoms with E-state index in [-0.39, 0.29) is 43.0 Å². The Morgan fingerprint density at radius 1 is 1.25 bits per heavy atom. The van der Waals surface area contributed by atoms with Gasteiger partial charge in [0.25, 0.3) is 0 Å². The van der Waals surface area contributed by atoms with Crippen LogP contribution < -0.4 is 5.32 Å². The lowest BCUT2D eigenvalue weighted by molar-refractivity contribution is -0.120. The zero-order valence-corrected chi connectivity index (χ0v) is 18.5. The number of alkyl carbamates (subject to hydrolysis) is 1. The molecule has 0 radical (unpaired) electrons. The third-order valence-electron chi connectivity index (χ3n) is 5.00. The molecule has 1 amide bonds. The van der Waals surface area contributed by atoms with Crippen molar-refractivity contribution in [1.29, 1.82) is 0 Å². The number of aromatic hydroxyl groups is 1. The maximum Gasteiger partial charge on any atom is 0.406 e. The van der Waals surface area contributed by atoms with Gasteiger partial charge in [-0.3, -0.25) is 4.79 Å². The number of fused-ring (bicyclic) bond motifs is 1. The van der Waals surface area contributed by atoms with Crippen molar-refractivity contribution in [2.45, 2.75) is 57.7 Å². The van der Waals surface area contributed by atoms with Crippen LogP contribution in [0.1, 0.15) is 60.5 Å². The van der Waals surface area contributed by atoms with Gasteiger partial charge in [-0.25, -0.2) is 9.59 Å². The summed E-state index contributed by atoms with van der Waals surface area (Å²) in [5.41, 5.74) is 1.38. The minimum absolute atomic E-state index is 0.0357. The van der Waals surface area contributed by atoms with Crippen molar-refractivity contribution >= 4 is 23.9 Å². The molecule has 0 bridgehead atoms. The molecule has 1 aromatic carbocycles. The van der Waals surface area contributed by atoms with E-state index in [1.54, 1.807) is 37.3 Å². The molecule has 1 aliphatic heterocycles. The highest BCUT2D eigenvalue weighted by atomic mass is 16.5. The molecule has 0 unspecified atom stereocenters. The van der Waals surface area contributed by atoms with E-state index in [0.29, 0.717) is 24.8 Å². The summed E-state index contributed by atoms with van der Waals surface area (Å²) in [6, 6.07) is 3.19. The number of hydrogen-bond acceptors (Lipinski definition) is 7. The van der Waals surface area contributed by atoms with E-state index in [9.17, 15) is 24.6 Å². The minimum Gasteiger partial charge on any atom is -0.507 e. The van der Waals surface area contributed by atoms with Gasteiger partial charge in [0.1, 0.15) is 23.2 Å². The molecule has 0 saturated heterocycles. The van der Waals surface area contributed by atoms with Crippen molar-refractivity contribution in [2.24, 2.45) is 0 Å². The minimum atomic E-state index is -0.828. The van der Waals surface area contributed by atoms with E-state index >= 15 is 0 Å². The number of unbranched alkanes of at least 4 members (excludes halogenated alkanes) is 1. The number of carbonyl (C=O) groups excluding carboxylic acids is 3. The van der Waals surface area contributed by atoms with Gasteiger partial charge >= 0.3 is 12.1 Å². The molecular formula is C24H31NO7. The first-order valence-electron chi connectivity index (χ1n) is 10.7. The van der Waals surface area contributed by atoms with Gasteiger partial charge in [0, 0.05) is 19.9 Å². The molecular weight excluding hydrogens is 414 g/mol. The van der Waals surface area contributed by atoms with Gasteiger partial charge in [-0.15, -0.1) is 0 Å². The predicted octanol–water partition coefficient (Wildman–Crippen LogP) is 3.30. The second kappa shape index (κ2) is 12.7. The van der Waals surface area contributed by atoms with Crippen LogP contribution >= 0.6 is 0 Å². The van der Waals surface area contributed by atoms with Gasteiger partial charge in [-0.1, -0.05) is 24.3 Å². The number of allylic oxidation sites excluding steroid dienone is 1. The second-order valence-corrected chi connectivity index (χ2v) is 7.65. The lowest BCUT2D eigenvalue weighted by Crippen LogP contribution is -2.19. The van der Waals surface area contributed by atoms with Crippen LogP contribution in [0.4, 0.5) is 4.79 Å². The van der Waals surface area contributed by atoms with Gasteiger partial charge in [0.2, 0.25) is 0 Å². The summed E-state index contributed by atoms with van der Waals surface area (Å²) in [7, 11) is 1.49. The molecule has 0 spiro atoms. The first-order valence-corrected chi connectivity index (χ1v) is 10.7. The topological polar surface area (TPSA) is 122 Å². The van der Waals surface area contributed by atoms with Crippen LogP contribution in [0.15, 0.2) is 30.4 Å². The fourth-order valence-electron chi connectivity index (χ4n) is 3.36. The number of rotatable bonds is 5. The summed E-state index contributed by atoms with van der Waals surface area (Å²) in [6.07, 6.45) is 6.98. The fourth-order valence-corrected chi connectivity index (χ4v) is 3.36. The summed E-state index contributed by atoms with van der Waals surface area (Å²) >= 11 is 0. The number of benzene rings is 1. The first kappa shape index (κ1) is 25.1. The molecule has 8 heteroatoms. The molecule has 32 heavy (non-hydrogen) atoms. The van der Waals surface area contributed by atoms with Crippen LogP contribution in [0.2, 0.25) is 0 Å². The van der Waals surface area contributed by atoms with Crippen molar-refractivity contribution < 1.29 is 34.1 Å². The Balaban J connectivity index is 2.28. The van der Waals surface area contributed by atoms with Crippen molar-refractivity contribution in [2.75, 3.05) is 13.7 Å². The predicted molar refractivity (Wildman–Crippen MR) is 119 cm³/mol. The fraction of sp³-hybridized carbons (Fsp3) is 0.458. The van der Waals surface area contributed by atoms with Crippen LogP contribution in [0.25, 0.3) is 6.08 Å². The number of Topliss-reactive ketones (excluding diaryl/α,β-unsaturated/α-hetero) is 1. The van der Waals surface area contributed by atoms with Crippen LogP contribution in [-0.4, -0.2) is 53.9 Å². The van der Waals surface area contributed by atoms with Crippen LogP contribution in [0.5, 0.6) is 5.75 Å². The number of esters is 1. The van der Waals surface area contributed by atoms with E-state index in [4.69, 9.17) is 9.47 Å². The van der Waals surface area contributed by atoms with Gasteiger partial charge in [0.15, 0.2) is 0 Å². The van der Waals surface area contributed by atoms with Crippen molar-refractivity contribution in [3.8, 4) is 5.75 Å². The van der Waals surface area contributed by atoms with E-state index in [2.05, 4.69) is 5.32 Å². The van der Waals surface area contributed by atoms with Gasteiger partial charge in [0.05, 0.1) is 12.7 Å². The van der Waals surface area contributed by atoms with Crippen LogP contribution in [0, 0.1) is 0 Å². The number of carbonyl (C=O) groups is 3. The summed E-state index contributed by atoms with van der Waals surface area (Å²) in [6.45, 7) is 1.93. The quantitative estimate of drug-likeness (QED) is 0.361. The lowest BCUT2D eigenvalue weighted by atomic mass is 9.95. The number of phenolic OH excluding ortho intramolecular Hbond substituents is 1. The molecule has 2 rings (SSSR count). The Morgan fingerprint density at radius 2 is 2.03 bits per heavy atom. The Hall–Kier alpha value is -3.13. The molecule has 3 N–H and O–H groups in total. The van der Waals surface area contributed by atoms with Crippen LogP contribution in [-0.2, 0) is 20.7 Å². The number of nitrogens with one attached hydrogen (secondary N) is 1. The number of aliphatic hydroxyl groups is 1. The van der Waals surface area contributed by atoms with Gasteiger partial charge in [-0.05, 0) is 55.9 Å². The van der Waals surface area contributed by atoms with Crippen LogP contribution in [0.3, 0.4) is 0 Å². The number of aryl methyl sites for hydroxylation is 1. The molecule has 1 aliphatic rings. The number of aliphatic hydroxyl groups excluding tert-OH is 1. The Morgan fingerprint density at radius 3 is 2.78 bits per heavy atom. The average Bonchev–Trinajstić information content (AvgIpc) is 2.73. The summed E-state index contributed by atoms with van der Waals surface area (Å²) in [4.78, 5) is 35.9. The highest BCUT2D eigenvalue weighted by Gasteiger charge is 2.21. The molecule has 0 saturated carbocycles. The molecule has 2 atom stereocenters. The third-order valence-corrected chi connectivity index (χ3v) is 5.00. The number of ether oxygens (including phenoxy) is 2. The monoisotopic (exact) mass is 445 g/mol. The average molecular weight is 446 g/mol. The van der Waals surface area contributed by atoms with Crippen molar-refractivity contribution in [3.05, 3.63) is 47.1 Å². The zero-order valence-electron chi connectivity index (χ0n) is 18.5. The largest absolute Gasteiger partial charge is 0.507 e. The van der Waals surface area contributed by atoms with E-state index in [0.717, 1.165) is 5.56 Å². The summed E-state index contributed by atoms with van der Waals surface area (Å²) < 4.78 is 10.4. The van der Waals surface area contributed by atoms with Crippen molar-refractivity contribution in [1.82, 2.24) is 5.32 Å². The van der Waals surface area contributed by atoms with Crippen molar-refractivity contribution in [3.63, 3.8) is 0 Å². The van der Waals surface area contributed by atoms with Gasteiger partial charge in [-0.2, -0.15) is 0 Å². The number of cyclic esters (lactones) is 1. The molecule has 1 heterocycles. The SMILES string of the molecule is CNC(=O)OCCCCc1ccc(O)c2c1C=CC[C@H](O)CC(=O)CC=C[C@H](C)OC2=O. The number of phenols is 1. The Labute approximate surface area is 187 Å². The van der Waals surface area contributed by atoms with E-state index in [1.165, 1.54) is 13.1 Å². The maximum atomic E-state index is 12.8.